The van der Waals surface area contributed by atoms with Gasteiger partial charge in [0.2, 0.25) is 5.91 Å². The second-order valence-electron chi connectivity index (χ2n) is 6.30. The van der Waals surface area contributed by atoms with Gasteiger partial charge >= 0.3 is 0 Å². The van der Waals surface area contributed by atoms with E-state index in [4.69, 9.17) is 4.74 Å². The molecule has 1 heterocycles. The molecule has 1 aliphatic heterocycles. The zero-order chi connectivity index (χ0) is 20.8. The average Bonchev–Trinajstić information content (AvgIpc) is 2.96. The Morgan fingerprint density at radius 3 is 2.59 bits per heavy atom. The number of thioether (sulfide) groups is 1. The number of imide groups is 1. The fraction of sp³-hybridized carbons (Fsp3) is 0.136. The summed E-state index contributed by atoms with van der Waals surface area (Å²) >= 11 is 0.820. The smallest absolute Gasteiger partial charge is 0.294 e. The number of amides is 3. The van der Waals surface area contributed by atoms with E-state index in [1.54, 1.807) is 48.6 Å². The van der Waals surface area contributed by atoms with Gasteiger partial charge in [-0.05, 0) is 54.1 Å². The van der Waals surface area contributed by atoms with Gasteiger partial charge < -0.3 is 10.1 Å². The van der Waals surface area contributed by atoms with Crippen LogP contribution in [-0.2, 0) is 9.59 Å². The molecule has 29 heavy (non-hydrogen) atoms. The molecule has 0 radical (unpaired) electrons. The number of ether oxygens (including phenoxy) is 1. The third-order valence-corrected chi connectivity index (χ3v) is 5.05. The summed E-state index contributed by atoms with van der Waals surface area (Å²) in [6.45, 7) is 5.54. The van der Waals surface area contributed by atoms with Gasteiger partial charge in [-0.1, -0.05) is 43.0 Å². The van der Waals surface area contributed by atoms with Crippen LogP contribution in [0.5, 0.6) is 5.75 Å². The summed E-state index contributed by atoms with van der Waals surface area (Å²) in [5, 5.41) is 2.27. The van der Waals surface area contributed by atoms with E-state index in [0.717, 1.165) is 27.8 Å². The number of nitrogens with zero attached hydrogens (tertiary/aromatic N) is 1. The van der Waals surface area contributed by atoms with Crippen LogP contribution < -0.4 is 10.1 Å². The molecule has 6 nitrogen and oxygen atoms in total. The zero-order valence-electron chi connectivity index (χ0n) is 15.9. The summed E-state index contributed by atoms with van der Waals surface area (Å²) in [5.74, 6) is -0.221. The molecular formula is C22H20N2O4S. The van der Waals surface area contributed by atoms with Gasteiger partial charge in [0.25, 0.3) is 11.1 Å². The molecule has 0 aliphatic carbocycles. The fourth-order valence-electron chi connectivity index (χ4n) is 2.65. The predicted octanol–water partition coefficient (Wildman–Crippen LogP) is 4.23. The van der Waals surface area contributed by atoms with E-state index in [1.165, 1.54) is 0 Å². The number of benzene rings is 2. The molecule has 2 aromatic rings. The summed E-state index contributed by atoms with van der Waals surface area (Å²) in [7, 11) is 0. The molecule has 0 spiro atoms. The van der Waals surface area contributed by atoms with E-state index >= 15 is 0 Å². The van der Waals surface area contributed by atoms with Crippen molar-refractivity contribution >= 4 is 40.6 Å². The minimum absolute atomic E-state index is 0.276. The van der Waals surface area contributed by atoms with Crippen LogP contribution in [-0.4, -0.2) is 35.1 Å². The quantitative estimate of drug-likeness (QED) is 0.548. The van der Waals surface area contributed by atoms with Gasteiger partial charge in [-0.2, -0.15) is 0 Å². The number of rotatable bonds is 7. The first-order valence-corrected chi connectivity index (χ1v) is 9.74. The van der Waals surface area contributed by atoms with Gasteiger partial charge in [0.05, 0.1) is 4.91 Å². The van der Waals surface area contributed by atoms with Crippen LogP contribution in [0.3, 0.4) is 0 Å². The number of carbonyl (C=O) groups is 3. The van der Waals surface area contributed by atoms with E-state index in [-0.39, 0.29) is 11.4 Å². The SMILES string of the molecule is C=CCOc1ccc(/C=C2/SC(=O)N(CC(=O)Nc3ccccc3C)C2=O)cc1. The van der Waals surface area contributed by atoms with E-state index < -0.39 is 17.1 Å². The second-order valence-corrected chi connectivity index (χ2v) is 7.29. The maximum atomic E-state index is 12.6. The summed E-state index contributed by atoms with van der Waals surface area (Å²) in [6.07, 6.45) is 3.28. The highest BCUT2D eigenvalue weighted by Gasteiger charge is 2.36. The standard InChI is InChI=1S/C22H20N2O4S/c1-3-12-28-17-10-8-16(9-11-17)13-19-21(26)24(22(27)29-19)14-20(25)23-18-7-5-4-6-15(18)2/h3-11,13H,1,12,14H2,2H3,(H,23,25)/b19-13+. The average molecular weight is 408 g/mol. The lowest BCUT2D eigenvalue weighted by Gasteiger charge is -2.13. The Morgan fingerprint density at radius 2 is 1.90 bits per heavy atom. The van der Waals surface area contributed by atoms with Crippen LogP contribution in [0, 0.1) is 6.92 Å². The van der Waals surface area contributed by atoms with Crippen molar-refractivity contribution in [1.82, 2.24) is 4.90 Å². The minimum atomic E-state index is -0.480. The number of carbonyl (C=O) groups excluding carboxylic acids is 3. The Labute approximate surface area is 173 Å². The van der Waals surface area contributed by atoms with Crippen LogP contribution in [0.1, 0.15) is 11.1 Å². The van der Waals surface area contributed by atoms with Crippen LogP contribution in [0.15, 0.2) is 66.1 Å². The lowest BCUT2D eigenvalue weighted by Crippen LogP contribution is -2.36. The molecule has 0 bridgehead atoms. The summed E-state index contributed by atoms with van der Waals surface area (Å²) in [4.78, 5) is 38.3. The molecule has 0 saturated carbocycles. The highest BCUT2D eigenvalue weighted by molar-refractivity contribution is 8.18. The van der Waals surface area contributed by atoms with Crippen molar-refractivity contribution in [1.29, 1.82) is 0 Å². The molecule has 1 N–H and O–H groups in total. The maximum absolute atomic E-state index is 12.6. The molecule has 7 heteroatoms. The number of hydrogen-bond acceptors (Lipinski definition) is 5. The van der Waals surface area contributed by atoms with E-state index in [2.05, 4.69) is 11.9 Å². The molecule has 0 atom stereocenters. The van der Waals surface area contributed by atoms with Crippen LogP contribution >= 0.6 is 11.8 Å². The van der Waals surface area contributed by atoms with Crippen molar-refractivity contribution in [2.45, 2.75) is 6.92 Å². The Morgan fingerprint density at radius 1 is 1.17 bits per heavy atom. The van der Waals surface area contributed by atoms with E-state index in [9.17, 15) is 14.4 Å². The summed E-state index contributed by atoms with van der Waals surface area (Å²) < 4.78 is 5.42. The first-order valence-electron chi connectivity index (χ1n) is 8.92. The highest BCUT2D eigenvalue weighted by atomic mass is 32.2. The Hall–Kier alpha value is -3.32. The molecule has 0 aromatic heterocycles. The van der Waals surface area contributed by atoms with Gasteiger partial charge in [0.1, 0.15) is 18.9 Å². The van der Waals surface area contributed by atoms with Crippen LogP contribution in [0.4, 0.5) is 10.5 Å². The molecule has 1 aliphatic rings. The number of para-hydroxylation sites is 1. The lowest BCUT2D eigenvalue weighted by atomic mass is 10.2. The molecular weight excluding hydrogens is 388 g/mol. The molecule has 0 unspecified atom stereocenters. The lowest BCUT2D eigenvalue weighted by molar-refractivity contribution is -0.127. The summed E-state index contributed by atoms with van der Waals surface area (Å²) in [6, 6.07) is 14.4. The van der Waals surface area contributed by atoms with Crippen molar-refractivity contribution in [2.75, 3.05) is 18.5 Å². The fourth-order valence-corrected chi connectivity index (χ4v) is 3.49. The summed E-state index contributed by atoms with van der Waals surface area (Å²) in [5.41, 5.74) is 2.31. The first kappa shape index (κ1) is 20.4. The van der Waals surface area contributed by atoms with Gasteiger partial charge in [0.15, 0.2) is 0 Å². The normalized spacial score (nSPS) is 14.9. The molecule has 2 aromatic carbocycles. The van der Waals surface area contributed by atoms with Gasteiger partial charge in [-0.25, -0.2) is 0 Å². The molecule has 3 amide bonds. The topological polar surface area (TPSA) is 75.7 Å². The second kappa shape index (κ2) is 9.25. The van der Waals surface area contributed by atoms with Gasteiger partial charge in [-0.15, -0.1) is 0 Å². The number of hydrogen-bond donors (Lipinski definition) is 1. The molecule has 3 rings (SSSR count). The van der Waals surface area contributed by atoms with Crippen molar-refractivity contribution < 1.29 is 19.1 Å². The number of nitrogens with one attached hydrogen (secondary N) is 1. The molecule has 1 saturated heterocycles. The highest BCUT2D eigenvalue weighted by Crippen LogP contribution is 2.32. The molecule has 148 valence electrons. The zero-order valence-corrected chi connectivity index (χ0v) is 16.7. The Kier molecular flexibility index (Phi) is 6.51. The van der Waals surface area contributed by atoms with E-state index in [0.29, 0.717) is 18.0 Å². The van der Waals surface area contributed by atoms with Gasteiger partial charge in [-0.3, -0.25) is 19.3 Å². The van der Waals surface area contributed by atoms with Crippen molar-refractivity contribution in [3.05, 3.63) is 77.2 Å². The third kappa shape index (κ3) is 5.14. The van der Waals surface area contributed by atoms with Gasteiger partial charge in [0, 0.05) is 5.69 Å². The van der Waals surface area contributed by atoms with Crippen molar-refractivity contribution in [2.24, 2.45) is 0 Å². The van der Waals surface area contributed by atoms with E-state index in [1.807, 2.05) is 19.1 Å². The number of anilines is 1. The first-order chi connectivity index (χ1) is 14.0. The number of aryl methyl sites for hydroxylation is 1. The maximum Gasteiger partial charge on any atom is 0.294 e. The minimum Gasteiger partial charge on any atom is -0.490 e. The Balaban J connectivity index is 1.66. The monoisotopic (exact) mass is 408 g/mol. The third-order valence-electron chi connectivity index (χ3n) is 4.14. The largest absolute Gasteiger partial charge is 0.490 e. The van der Waals surface area contributed by atoms with Crippen LogP contribution in [0.2, 0.25) is 0 Å². The molecule has 1 fully saturated rings. The van der Waals surface area contributed by atoms with Crippen molar-refractivity contribution in [3.8, 4) is 5.75 Å². The van der Waals surface area contributed by atoms with Crippen molar-refractivity contribution in [3.63, 3.8) is 0 Å². The Bertz CT molecular complexity index is 983. The predicted molar refractivity (Wildman–Crippen MR) is 115 cm³/mol. The van der Waals surface area contributed by atoms with Crippen LogP contribution in [0.25, 0.3) is 6.08 Å².